The van der Waals surface area contributed by atoms with E-state index in [4.69, 9.17) is 4.74 Å². The molecule has 0 radical (unpaired) electrons. The van der Waals surface area contributed by atoms with Gasteiger partial charge in [0.25, 0.3) is 0 Å². The molecule has 0 saturated carbocycles. The predicted molar refractivity (Wildman–Crippen MR) is 70.8 cm³/mol. The number of hydrogen-bond acceptors (Lipinski definition) is 4. The minimum atomic E-state index is 0.0513. The first-order valence-corrected chi connectivity index (χ1v) is 5.88. The maximum absolute atomic E-state index is 12.1. The summed E-state index contributed by atoms with van der Waals surface area (Å²) in [5.41, 5.74) is 0.665. The van der Waals surface area contributed by atoms with Gasteiger partial charge in [-0.2, -0.15) is 0 Å². The Morgan fingerprint density at radius 2 is 2.17 bits per heavy atom. The van der Waals surface area contributed by atoms with Crippen LogP contribution in [0, 0.1) is 0 Å². The van der Waals surface area contributed by atoms with Gasteiger partial charge >= 0.3 is 0 Å². The van der Waals surface area contributed by atoms with Crippen molar-refractivity contribution in [1.82, 2.24) is 10.3 Å². The number of fused-ring (bicyclic) bond motifs is 1. The van der Waals surface area contributed by atoms with Crippen LogP contribution in [-0.4, -0.2) is 37.6 Å². The maximum atomic E-state index is 12.1. The molecule has 2 rings (SSSR count). The molecule has 0 unspecified atom stereocenters. The zero-order valence-electron chi connectivity index (χ0n) is 10.3. The molecule has 94 valence electrons. The van der Waals surface area contributed by atoms with Crippen molar-refractivity contribution in [3.05, 3.63) is 42.2 Å². The molecule has 0 fully saturated rings. The zero-order valence-corrected chi connectivity index (χ0v) is 10.3. The summed E-state index contributed by atoms with van der Waals surface area (Å²) in [5.74, 6) is 0.0513. The van der Waals surface area contributed by atoms with Gasteiger partial charge in [-0.25, -0.2) is 0 Å². The number of rotatable bonds is 6. The minimum Gasteiger partial charge on any atom is -0.383 e. The molecule has 4 nitrogen and oxygen atoms in total. The summed E-state index contributed by atoms with van der Waals surface area (Å²) >= 11 is 0. The van der Waals surface area contributed by atoms with E-state index < -0.39 is 0 Å². The molecular formula is C14H16N2O2. The number of carbonyl (C=O) groups is 1. The summed E-state index contributed by atoms with van der Waals surface area (Å²) in [4.78, 5) is 16.2. The van der Waals surface area contributed by atoms with Gasteiger partial charge in [0.1, 0.15) is 0 Å². The van der Waals surface area contributed by atoms with Crippen LogP contribution in [0.2, 0.25) is 0 Å². The lowest BCUT2D eigenvalue weighted by atomic mass is 10.0. The first-order chi connectivity index (χ1) is 8.83. The Bertz CT molecular complexity index is 535. The molecule has 4 heteroatoms. The standard InChI is InChI=1S/C14H16N2O2/c1-18-7-6-15-10-14(17)13-9-16-8-11-4-2-3-5-12(11)13/h2-5,8-9,15H,6-7,10H2,1H3. The van der Waals surface area contributed by atoms with E-state index in [1.165, 1.54) is 0 Å². The number of aromatic nitrogens is 1. The molecule has 2 aromatic rings. The van der Waals surface area contributed by atoms with Crippen LogP contribution in [-0.2, 0) is 4.74 Å². The molecule has 0 bridgehead atoms. The van der Waals surface area contributed by atoms with Crippen LogP contribution in [0.1, 0.15) is 10.4 Å². The first kappa shape index (κ1) is 12.7. The summed E-state index contributed by atoms with van der Waals surface area (Å²) in [7, 11) is 1.64. The number of ketones is 1. The molecule has 1 N–H and O–H groups in total. The predicted octanol–water partition coefficient (Wildman–Crippen LogP) is 1.65. The van der Waals surface area contributed by atoms with E-state index in [2.05, 4.69) is 10.3 Å². The van der Waals surface area contributed by atoms with Gasteiger partial charge in [-0.1, -0.05) is 24.3 Å². The smallest absolute Gasteiger partial charge is 0.178 e. The van der Waals surface area contributed by atoms with Crippen LogP contribution in [0.5, 0.6) is 0 Å². The van der Waals surface area contributed by atoms with Crippen LogP contribution in [0.15, 0.2) is 36.7 Å². The fourth-order valence-corrected chi connectivity index (χ4v) is 1.81. The van der Waals surface area contributed by atoms with Gasteiger partial charge in [-0.3, -0.25) is 9.78 Å². The van der Waals surface area contributed by atoms with Gasteiger partial charge < -0.3 is 10.1 Å². The molecule has 0 saturated heterocycles. The third kappa shape index (κ3) is 2.91. The number of benzene rings is 1. The molecule has 18 heavy (non-hydrogen) atoms. The minimum absolute atomic E-state index is 0.0513. The monoisotopic (exact) mass is 244 g/mol. The van der Waals surface area contributed by atoms with Crippen molar-refractivity contribution in [3.8, 4) is 0 Å². The molecule has 0 atom stereocenters. The highest BCUT2D eigenvalue weighted by Crippen LogP contribution is 2.17. The Balaban J connectivity index is 2.13. The second kappa shape index (κ2) is 6.23. The molecule has 1 aromatic heterocycles. The van der Waals surface area contributed by atoms with Gasteiger partial charge in [-0.05, 0) is 5.39 Å². The number of ether oxygens (including phenoxy) is 1. The van der Waals surface area contributed by atoms with Gasteiger partial charge in [0.2, 0.25) is 0 Å². The van der Waals surface area contributed by atoms with Crippen LogP contribution in [0.3, 0.4) is 0 Å². The Labute approximate surface area is 106 Å². The Morgan fingerprint density at radius 1 is 1.33 bits per heavy atom. The summed E-state index contributed by atoms with van der Waals surface area (Å²) < 4.78 is 4.91. The van der Waals surface area contributed by atoms with Crippen LogP contribution in [0.4, 0.5) is 0 Å². The lowest BCUT2D eigenvalue weighted by Crippen LogP contribution is -2.26. The average Bonchev–Trinajstić information content (AvgIpc) is 2.43. The number of methoxy groups -OCH3 is 1. The number of hydrogen-bond donors (Lipinski definition) is 1. The zero-order chi connectivity index (χ0) is 12.8. The van der Waals surface area contributed by atoms with Crippen molar-refractivity contribution < 1.29 is 9.53 Å². The molecule has 0 spiro atoms. The maximum Gasteiger partial charge on any atom is 0.178 e. The number of nitrogens with zero attached hydrogens (tertiary/aromatic N) is 1. The second-order valence-corrected chi connectivity index (χ2v) is 4.00. The Morgan fingerprint density at radius 3 is 3.00 bits per heavy atom. The Kier molecular flexibility index (Phi) is 4.39. The van der Waals surface area contributed by atoms with Crippen molar-refractivity contribution >= 4 is 16.6 Å². The highest BCUT2D eigenvalue weighted by molar-refractivity contribution is 6.08. The van der Waals surface area contributed by atoms with E-state index in [9.17, 15) is 4.79 Å². The van der Waals surface area contributed by atoms with Gasteiger partial charge in [0.15, 0.2) is 5.78 Å². The Hall–Kier alpha value is -1.78. The van der Waals surface area contributed by atoms with Crippen LogP contribution in [0.25, 0.3) is 10.8 Å². The number of pyridine rings is 1. The molecule has 0 aliphatic carbocycles. The molecular weight excluding hydrogens is 228 g/mol. The van der Waals surface area contributed by atoms with E-state index in [0.717, 1.165) is 10.8 Å². The lowest BCUT2D eigenvalue weighted by Gasteiger charge is -2.06. The SMILES string of the molecule is COCCNCC(=O)c1cncc2ccccc12. The number of Topliss-reactive ketones (excluding diaryl/α,β-unsaturated/α-hetero) is 1. The fourth-order valence-electron chi connectivity index (χ4n) is 1.81. The molecule has 0 aliphatic heterocycles. The topological polar surface area (TPSA) is 51.2 Å². The second-order valence-electron chi connectivity index (χ2n) is 4.00. The van der Waals surface area contributed by atoms with Crippen molar-refractivity contribution in [2.75, 3.05) is 26.8 Å². The quantitative estimate of drug-likeness (QED) is 0.620. The summed E-state index contributed by atoms with van der Waals surface area (Å²) in [6.45, 7) is 1.57. The highest BCUT2D eigenvalue weighted by Gasteiger charge is 2.09. The van der Waals surface area contributed by atoms with Gasteiger partial charge in [0, 0.05) is 37.0 Å². The van der Waals surface area contributed by atoms with Crippen molar-refractivity contribution in [2.24, 2.45) is 0 Å². The number of carbonyl (C=O) groups excluding carboxylic acids is 1. The van der Waals surface area contributed by atoms with E-state index in [0.29, 0.717) is 25.3 Å². The fraction of sp³-hybridized carbons (Fsp3) is 0.286. The van der Waals surface area contributed by atoms with Crippen LogP contribution < -0.4 is 5.32 Å². The van der Waals surface area contributed by atoms with E-state index in [-0.39, 0.29) is 5.78 Å². The molecule has 1 aromatic carbocycles. The van der Waals surface area contributed by atoms with Gasteiger partial charge in [0.05, 0.1) is 13.2 Å². The lowest BCUT2D eigenvalue weighted by molar-refractivity contribution is 0.0989. The molecule has 1 heterocycles. The summed E-state index contributed by atoms with van der Waals surface area (Å²) in [5, 5.41) is 4.98. The van der Waals surface area contributed by atoms with E-state index in [1.54, 1.807) is 19.5 Å². The summed E-state index contributed by atoms with van der Waals surface area (Å²) in [6.07, 6.45) is 3.40. The van der Waals surface area contributed by atoms with Crippen LogP contribution >= 0.6 is 0 Å². The third-order valence-electron chi connectivity index (χ3n) is 2.74. The number of nitrogens with one attached hydrogen (secondary N) is 1. The van der Waals surface area contributed by atoms with Crippen molar-refractivity contribution in [3.63, 3.8) is 0 Å². The van der Waals surface area contributed by atoms with Crippen molar-refractivity contribution in [1.29, 1.82) is 0 Å². The normalized spacial score (nSPS) is 10.7. The molecule has 0 amide bonds. The van der Waals surface area contributed by atoms with E-state index in [1.807, 2.05) is 24.3 Å². The average molecular weight is 244 g/mol. The first-order valence-electron chi connectivity index (χ1n) is 5.88. The third-order valence-corrected chi connectivity index (χ3v) is 2.74. The van der Waals surface area contributed by atoms with E-state index >= 15 is 0 Å². The van der Waals surface area contributed by atoms with Gasteiger partial charge in [-0.15, -0.1) is 0 Å². The summed E-state index contributed by atoms with van der Waals surface area (Å²) in [6, 6.07) is 7.77. The van der Waals surface area contributed by atoms with Crippen molar-refractivity contribution in [2.45, 2.75) is 0 Å². The highest BCUT2D eigenvalue weighted by atomic mass is 16.5. The molecule has 0 aliphatic rings. The largest absolute Gasteiger partial charge is 0.383 e.